The standard InChI is InChI=1S/C17H20BrN7O/c1-2-25-8-11(6-21-25)22-17-20-7-12(18)16(24-17)23-14-10-4-3-9(5-10)13(14)15(19)26/h3-4,6-10,13-14H,2,5H2,1H3,(H2,19,26)(H2,20,22,23,24)/t9-,10+,13+,14-/m1/s1. The lowest BCUT2D eigenvalue weighted by atomic mass is 9.88. The molecule has 2 bridgehead atoms. The Labute approximate surface area is 159 Å². The zero-order valence-electron chi connectivity index (χ0n) is 14.3. The van der Waals surface area contributed by atoms with Crippen molar-refractivity contribution in [2.75, 3.05) is 10.6 Å². The highest BCUT2D eigenvalue weighted by molar-refractivity contribution is 9.10. The molecule has 4 N–H and O–H groups in total. The molecule has 2 aromatic rings. The fraction of sp³-hybridized carbons (Fsp3) is 0.412. The van der Waals surface area contributed by atoms with Gasteiger partial charge in [-0.05, 0) is 41.1 Å². The van der Waals surface area contributed by atoms with Crippen molar-refractivity contribution >= 4 is 39.3 Å². The molecule has 2 aliphatic rings. The Hall–Kier alpha value is -2.42. The van der Waals surface area contributed by atoms with Gasteiger partial charge in [0.1, 0.15) is 5.82 Å². The quantitative estimate of drug-likeness (QED) is 0.621. The van der Waals surface area contributed by atoms with Crippen LogP contribution in [0.25, 0.3) is 0 Å². The molecule has 0 saturated heterocycles. The number of hydrogen-bond donors (Lipinski definition) is 3. The van der Waals surface area contributed by atoms with Crippen LogP contribution in [0.5, 0.6) is 0 Å². The van der Waals surface area contributed by atoms with Crippen LogP contribution in [0.1, 0.15) is 13.3 Å². The first kappa shape index (κ1) is 17.0. The first-order chi connectivity index (χ1) is 12.5. The van der Waals surface area contributed by atoms with Gasteiger partial charge < -0.3 is 16.4 Å². The average Bonchev–Trinajstić information content (AvgIpc) is 3.33. The van der Waals surface area contributed by atoms with Crippen molar-refractivity contribution in [3.63, 3.8) is 0 Å². The van der Waals surface area contributed by atoms with E-state index in [9.17, 15) is 4.79 Å². The van der Waals surface area contributed by atoms with Gasteiger partial charge in [-0.3, -0.25) is 9.48 Å². The van der Waals surface area contributed by atoms with Crippen LogP contribution in [-0.2, 0) is 11.3 Å². The molecule has 1 saturated carbocycles. The summed E-state index contributed by atoms with van der Waals surface area (Å²) < 4.78 is 2.56. The summed E-state index contributed by atoms with van der Waals surface area (Å²) in [5.74, 6) is 1.12. The lowest BCUT2D eigenvalue weighted by Gasteiger charge is -2.27. The number of aromatic nitrogens is 4. The summed E-state index contributed by atoms with van der Waals surface area (Å²) in [7, 11) is 0. The number of rotatable bonds is 6. The molecule has 4 atom stereocenters. The summed E-state index contributed by atoms with van der Waals surface area (Å²) in [5, 5.41) is 10.8. The Morgan fingerprint density at radius 3 is 2.92 bits per heavy atom. The lowest BCUT2D eigenvalue weighted by Crippen LogP contribution is -2.41. The third-order valence-corrected chi connectivity index (χ3v) is 5.63. The molecule has 2 aromatic heterocycles. The van der Waals surface area contributed by atoms with Crippen LogP contribution in [0.4, 0.5) is 17.5 Å². The van der Waals surface area contributed by atoms with Gasteiger partial charge in [-0.25, -0.2) is 4.98 Å². The van der Waals surface area contributed by atoms with Crippen LogP contribution in [0.3, 0.4) is 0 Å². The average molecular weight is 418 g/mol. The number of nitrogens with zero attached hydrogens (tertiary/aromatic N) is 4. The number of nitrogens with one attached hydrogen (secondary N) is 2. The molecular formula is C17H20BrN7O. The summed E-state index contributed by atoms with van der Waals surface area (Å²) in [4.78, 5) is 20.7. The van der Waals surface area contributed by atoms with E-state index in [1.807, 2.05) is 17.8 Å². The topological polar surface area (TPSA) is 111 Å². The van der Waals surface area contributed by atoms with E-state index in [4.69, 9.17) is 5.73 Å². The molecule has 0 radical (unpaired) electrons. The van der Waals surface area contributed by atoms with Crippen molar-refractivity contribution in [2.24, 2.45) is 23.5 Å². The monoisotopic (exact) mass is 417 g/mol. The van der Waals surface area contributed by atoms with Crippen LogP contribution in [0.15, 0.2) is 35.2 Å². The highest BCUT2D eigenvalue weighted by atomic mass is 79.9. The van der Waals surface area contributed by atoms with Crippen LogP contribution in [0, 0.1) is 17.8 Å². The fourth-order valence-corrected chi connectivity index (χ4v) is 4.13. The Kier molecular flexibility index (Phi) is 4.39. The minimum absolute atomic E-state index is 0.0515. The van der Waals surface area contributed by atoms with Crippen molar-refractivity contribution in [1.82, 2.24) is 19.7 Å². The minimum Gasteiger partial charge on any atom is -0.369 e. The third-order valence-electron chi connectivity index (χ3n) is 5.05. The van der Waals surface area contributed by atoms with E-state index in [2.05, 4.69) is 53.8 Å². The van der Waals surface area contributed by atoms with Gasteiger partial charge in [0.15, 0.2) is 0 Å². The normalized spacial score (nSPS) is 26.2. The van der Waals surface area contributed by atoms with Crippen molar-refractivity contribution in [2.45, 2.75) is 25.9 Å². The Balaban J connectivity index is 1.55. The summed E-state index contributed by atoms with van der Waals surface area (Å²) in [6, 6.07) is -0.0515. The third kappa shape index (κ3) is 3.07. The van der Waals surface area contributed by atoms with Crippen LogP contribution in [0.2, 0.25) is 0 Å². The lowest BCUT2D eigenvalue weighted by molar-refractivity contribution is -0.122. The second-order valence-corrected chi connectivity index (χ2v) is 7.50. The molecule has 2 heterocycles. The van der Waals surface area contributed by atoms with Gasteiger partial charge >= 0.3 is 0 Å². The number of primary amides is 1. The van der Waals surface area contributed by atoms with Crippen LogP contribution < -0.4 is 16.4 Å². The molecule has 1 fully saturated rings. The van der Waals surface area contributed by atoms with Gasteiger partial charge in [0.25, 0.3) is 0 Å². The molecule has 0 aromatic carbocycles. The predicted octanol–water partition coefficient (Wildman–Crippen LogP) is 2.29. The molecule has 0 spiro atoms. The molecule has 8 nitrogen and oxygen atoms in total. The van der Waals surface area contributed by atoms with E-state index in [1.54, 1.807) is 12.4 Å². The first-order valence-corrected chi connectivity index (χ1v) is 9.40. The smallest absolute Gasteiger partial charge is 0.229 e. The summed E-state index contributed by atoms with van der Waals surface area (Å²) in [6.07, 6.45) is 10.5. The van der Waals surface area contributed by atoms with Gasteiger partial charge in [-0.1, -0.05) is 12.2 Å². The number of anilines is 3. The minimum atomic E-state index is -0.269. The maximum atomic E-state index is 11.9. The van der Waals surface area contributed by atoms with Gasteiger partial charge in [-0.15, -0.1) is 0 Å². The van der Waals surface area contributed by atoms with Gasteiger partial charge in [0.05, 0.1) is 22.3 Å². The fourth-order valence-electron chi connectivity index (χ4n) is 3.82. The van der Waals surface area contributed by atoms with Crippen LogP contribution in [-0.4, -0.2) is 31.7 Å². The Morgan fingerprint density at radius 1 is 1.38 bits per heavy atom. The largest absolute Gasteiger partial charge is 0.369 e. The zero-order valence-corrected chi connectivity index (χ0v) is 15.8. The van der Waals surface area contributed by atoms with E-state index in [0.29, 0.717) is 17.7 Å². The van der Waals surface area contributed by atoms with Gasteiger partial charge in [0, 0.05) is 25.0 Å². The summed E-state index contributed by atoms with van der Waals surface area (Å²) in [6.45, 7) is 2.82. The van der Waals surface area contributed by atoms with Crippen molar-refractivity contribution in [3.05, 3.63) is 35.2 Å². The number of carbonyl (C=O) groups is 1. The van der Waals surface area contributed by atoms with E-state index in [-0.39, 0.29) is 23.8 Å². The number of nitrogens with two attached hydrogens (primary N) is 1. The van der Waals surface area contributed by atoms with Crippen LogP contribution >= 0.6 is 15.9 Å². The van der Waals surface area contributed by atoms with E-state index < -0.39 is 0 Å². The maximum absolute atomic E-state index is 11.9. The number of allylic oxidation sites excluding steroid dienone is 1. The summed E-state index contributed by atoms with van der Waals surface area (Å²) in [5.41, 5.74) is 6.45. The molecule has 2 aliphatic carbocycles. The molecule has 9 heteroatoms. The highest BCUT2D eigenvalue weighted by Gasteiger charge is 2.47. The molecule has 1 amide bonds. The first-order valence-electron chi connectivity index (χ1n) is 8.61. The van der Waals surface area contributed by atoms with Crippen molar-refractivity contribution < 1.29 is 4.79 Å². The van der Waals surface area contributed by atoms with E-state index >= 15 is 0 Å². The maximum Gasteiger partial charge on any atom is 0.229 e. The number of amides is 1. The molecule has 4 rings (SSSR count). The molecule has 0 unspecified atom stereocenters. The molecule has 26 heavy (non-hydrogen) atoms. The van der Waals surface area contributed by atoms with Crippen molar-refractivity contribution in [3.8, 4) is 0 Å². The predicted molar refractivity (Wildman–Crippen MR) is 102 cm³/mol. The molecular weight excluding hydrogens is 398 g/mol. The number of hydrogen-bond acceptors (Lipinski definition) is 6. The Bertz CT molecular complexity index is 865. The second kappa shape index (κ2) is 6.71. The SMILES string of the molecule is CCn1cc(Nc2ncc(Br)c(N[C@H]3[C@@H](C(N)=O)[C@@H]4C=C[C@H]3C4)n2)cn1. The molecule has 136 valence electrons. The molecule has 0 aliphatic heterocycles. The number of aryl methyl sites for hydroxylation is 1. The highest BCUT2D eigenvalue weighted by Crippen LogP contribution is 2.45. The summed E-state index contributed by atoms with van der Waals surface area (Å²) >= 11 is 3.48. The number of carbonyl (C=O) groups excluding carboxylic acids is 1. The number of halogens is 1. The van der Waals surface area contributed by atoms with E-state index in [0.717, 1.165) is 23.1 Å². The van der Waals surface area contributed by atoms with E-state index in [1.165, 1.54) is 0 Å². The van der Waals surface area contributed by atoms with Gasteiger partial charge in [-0.2, -0.15) is 10.1 Å². The Morgan fingerprint density at radius 2 is 2.19 bits per heavy atom. The van der Waals surface area contributed by atoms with Gasteiger partial charge in [0.2, 0.25) is 11.9 Å². The number of fused-ring (bicyclic) bond motifs is 2. The zero-order chi connectivity index (χ0) is 18.3. The van der Waals surface area contributed by atoms with Crippen molar-refractivity contribution in [1.29, 1.82) is 0 Å². The second-order valence-electron chi connectivity index (χ2n) is 6.65.